The fourth-order valence-electron chi connectivity index (χ4n) is 4.86. The molecule has 4 unspecified atom stereocenters. The molecule has 0 aliphatic heterocycles. The predicted molar refractivity (Wildman–Crippen MR) is 93.5 cm³/mol. The van der Waals surface area contributed by atoms with Gasteiger partial charge in [-0.3, -0.25) is 0 Å². The van der Waals surface area contributed by atoms with Gasteiger partial charge in [0, 0.05) is 20.1 Å². The summed E-state index contributed by atoms with van der Waals surface area (Å²) in [4.78, 5) is 0. The summed E-state index contributed by atoms with van der Waals surface area (Å²) in [6.07, 6.45) is 12.3. The van der Waals surface area contributed by atoms with Crippen LogP contribution in [0.1, 0.15) is 45.4 Å². The Kier molecular flexibility index (Phi) is 6.50. The SMILES string of the molecule is COCOC1CCC[C@@H]2C/C=C3\CC(CC=C3C)C(OCOC)C12. The molecule has 0 radical (unpaired) electrons. The molecule has 3 aliphatic rings. The van der Waals surface area contributed by atoms with Gasteiger partial charge in [0.1, 0.15) is 13.6 Å². The molecule has 4 nitrogen and oxygen atoms in total. The zero-order chi connectivity index (χ0) is 16.9. The van der Waals surface area contributed by atoms with Crippen molar-refractivity contribution in [1.29, 1.82) is 0 Å². The van der Waals surface area contributed by atoms with E-state index in [-0.39, 0.29) is 12.2 Å². The molecule has 1 fully saturated rings. The molecular weight excluding hydrogens is 304 g/mol. The van der Waals surface area contributed by atoms with Crippen molar-refractivity contribution in [3.8, 4) is 0 Å². The average Bonchev–Trinajstić information content (AvgIpc) is 2.59. The van der Waals surface area contributed by atoms with Gasteiger partial charge in [-0.05, 0) is 56.4 Å². The first kappa shape index (κ1) is 18.1. The van der Waals surface area contributed by atoms with Crippen molar-refractivity contribution in [3.05, 3.63) is 23.3 Å². The molecule has 0 amide bonds. The van der Waals surface area contributed by atoms with E-state index in [4.69, 9.17) is 18.9 Å². The Labute approximate surface area is 146 Å². The highest BCUT2D eigenvalue weighted by molar-refractivity contribution is 5.33. The molecule has 3 aliphatic carbocycles. The first-order valence-electron chi connectivity index (χ1n) is 9.31. The van der Waals surface area contributed by atoms with Crippen molar-refractivity contribution in [3.63, 3.8) is 0 Å². The Balaban J connectivity index is 1.87. The maximum absolute atomic E-state index is 6.27. The number of rotatable bonds is 6. The lowest BCUT2D eigenvalue weighted by Gasteiger charge is -2.46. The molecule has 0 aromatic carbocycles. The summed E-state index contributed by atoms with van der Waals surface area (Å²) in [5.41, 5.74) is 2.98. The van der Waals surface area contributed by atoms with E-state index in [2.05, 4.69) is 19.1 Å². The van der Waals surface area contributed by atoms with Crippen LogP contribution in [0, 0.1) is 17.8 Å². The van der Waals surface area contributed by atoms with Crippen molar-refractivity contribution >= 4 is 0 Å². The van der Waals surface area contributed by atoms with Gasteiger partial charge in [0.2, 0.25) is 0 Å². The van der Waals surface area contributed by atoms with Crippen LogP contribution >= 0.6 is 0 Å². The molecule has 3 rings (SSSR count). The largest absolute Gasteiger partial charge is 0.359 e. The smallest absolute Gasteiger partial charge is 0.146 e. The summed E-state index contributed by atoms with van der Waals surface area (Å²) in [5, 5.41) is 0. The number of fused-ring (bicyclic) bond motifs is 3. The molecule has 0 saturated heterocycles. The van der Waals surface area contributed by atoms with Gasteiger partial charge in [-0.1, -0.05) is 24.1 Å². The number of hydrogen-bond donors (Lipinski definition) is 0. The molecule has 0 aromatic rings. The van der Waals surface area contributed by atoms with E-state index in [1.54, 1.807) is 14.2 Å². The Hall–Kier alpha value is -0.680. The van der Waals surface area contributed by atoms with Crippen molar-refractivity contribution in [1.82, 2.24) is 0 Å². The second kappa shape index (κ2) is 8.61. The van der Waals surface area contributed by atoms with Crippen molar-refractivity contribution in [2.45, 2.75) is 57.7 Å². The molecule has 136 valence electrons. The van der Waals surface area contributed by atoms with Crippen molar-refractivity contribution in [2.75, 3.05) is 27.8 Å². The van der Waals surface area contributed by atoms with E-state index in [9.17, 15) is 0 Å². The fourth-order valence-corrected chi connectivity index (χ4v) is 4.86. The van der Waals surface area contributed by atoms with Crippen LogP contribution in [0.5, 0.6) is 0 Å². The van der Waals surface area contributed by atoms with Gasteiger partial charge >= 0.3 is 0 Å². The third-order valence-corrected chi connectivity index (χ3v) is 6.04. The second-order valence-electron chi connectivity index (χ2n) is 7.47. The standard InChI is InChI=1S/C20H32O4/c1-14-7-8-17-11-16(14)10-9-15-5-4-6-18(23-12-21-2)19(15)20(17)24-13-22-3/h7,10,15,17-20H,4-6,8-9,11-13H2,1-3H3/b16-10+/t15-,17?,18?,19?,20?/m1/s1. The van der Waals surface area contributed by atoms with Crippen LogP contribution in [0.2, 0.25) is 0 Å². The minimum Gasteiger partial charge on any atom is -0.359 e. The molecular formula is C20H32O4. The van der Waals surface area contributed by atoms with E-state index in [1.165, 1.54) is 24.0 Å². The van der Waals surface area contributed by atoms with Gasteiger partial charge in [-0.2, -0.15) is 0 Å². The van der Waals surface area contributed by atoms with Crippen LogP contribution in [0.25, 0.3) is 0 Å². The maximum Gasteiger partial charge on any atom is 0.146 e. The normalized spacial score (nSPS) is 38.4. The van der Waals surface area contributed by atoms with Gasteiger partial charge in [0.25, 0.3) is 0 Å². The lowest BCUT2D eigenvalue weighted by molar-refractivity contribution is -0.179. The highest BCUT2D eigenvalue weighted by Crippen LogP contribution is 2.45. The van der Waals surface area contributed by atoms with E-state index >= 15 is 0 Å². The van der Waals surface area contributed by atoms with E-state index in [0.29, 0.717) is 31.3 Å². The Morgan fingerprint density at radius 1 is 0.958 bits per heavy atom. The average molecular weight is 336 g/mol. The topological polar surface area (TPSA) is 36.9 Å². The quantitative estimate of drug-likeness (QED) is 0.685. The molecule has 5 atom stereocenters. The minimum absolute atomic E-state index is 0.199. The lowest BCUT2D eigenvalue weighted by Crippen LogP contribution is -2.48. The first-order valence-corrected chi connectivity index (χ1v) is 9.31. The Morgan fingerprint density at radius 3 is 2.50 bits per heavy atom. The van der Waals surface area contributed by atoms with Gasteiger partial charge in [-0.25, -0.2) is 0 Å². The lowest BCUT2D eigenvalue weighted by atomic mass is 9.65. The van der Waals surface area contributed by atoms with Crippen LogP contribution < -0.4 is 0 Å². The van der Waals surface area contributed by atoms with Gasteiger partial charge in [0.05, 0.1) is 12.2 Å². The van der Waals surface area contributed by atoms with Crippen LogP contribution in [0.3, 0.4) is 0 Å². The molecule has 0 heterocycles. The molecule has 1 saturated carbocycles. The summed E-state index contributed by atoms with van der Waals surface area (Å²) >= 11 is 0. The fraction of sp³-hybridized carbons (Fsp3) is 0.800. The number of methoxy groups -OCH3 is 2. The first-order chi connectivity index (χ1) is 11.7. The van der Waals surface area contributed by atoms with E-state index in [0.717, 1.165) is 25.7 Å². The number of ether oxygens (including phenoxy) is 4. The minimum atomic E-state index is 0.199. The van der Waals surface area contributed by atoms with Crippen molar-refractivity contribution in [2.24, 2.45) is 17.8 Å². The summed E-state index contributed by atoms with van der Waals surface area (Å²) in [6, 6.07) is 0. The molecule has 0 aromatic heterocycles. The monoisotopic (exact) mass is 336 g/mol. The molecule has 4 heteroatoms. The van der Waals surface area contributed by atoms with E-state index < -0.39 is 0 Å². The summed E-state index contributed by atoms with van der Waals surface area (Å²) in [6.45, 7) is 2.98. The molecule has 2 bridgehead atoms. The summed E-state index contributed by atoms with van der Waals surface area (Å²) in [5.74, 6) is 1.58. The van der Waals surface area contributed by atoms with Gasteiger partial charge in [-0.15, -0.1) is 0 Å². The summed E-state index contributed by atoms with van der Waals surface area (Å²) < 4.78 is 22.8. The highest BCUT2D eigenvalue weighted by Gasteiger charge is 2.44. The number of allylic oxidation sites excluding steroid dienone is 4. The maximum atomic E-state index is 6.27. The zero-order valence-electron chi connectivity index (χ0n) is 15.3. The van der Waals surface area contributed by atoms with Crippen LogP contribution in [-0.4, -0.2) is 40.0 Å². The van der Waals surface area contributed by atoms with Gasteiger partial charge in [0.15, 0.2) is 0 Å². The van der Waals surface area contributed by atoms with Crippen LogP contribution in [0.15, 0.2) is 23.3 Å². The van der Waals surface area contributed by atoms with Crippen LogP contribution in [-0.2, 0) is 18.9 Å². The molecule has 0 spiro atoms. The Morgan fingerprint density at radius 2 is 1.71 bits per heavy atom. The highest BCUT2D eigenvalue weighted by atomic mass is 16.7. The third kappa shape index (κ3) is 3.93. The third-order valence-electron chi connectivity index (χ3n) is 6.04. The van der Waals surface area contributed by atoms with E-state index in [1.807, 2.05) is 0 Å². The van der Waals surface area contributed by atoms with Gasteiger partial charge < -0.3 is 18.9 Å². The molecule has 0 N–H and O–H groups in total. The van der Waals surface area contributed by atoms with Crippen LogP contribution in [0.4, 0.5) is 0 Å². The molecule has 24 heavy (non-hydrogen) atoms. The predicted octanol–water partition coefficient (Wildman–Crippen LogP) is 4.07. The zero-order valence-corrected chi connectivity index (χ0v) is 15.3. The summed E-state index contributed by atoms with van der Waals surface area (Å²) in [7, 11) is 3.40. The van der Waals surface area contributed by atoms with Crippen molar-refractivity contribution < 1.29 is 18.9 Å². The number of hydrogen-bond acceptors (Lipinski definition) is 4. The Bertz CT molecular complexity index is 470. The second-order valence-corrected chi connectivity index (χ2v) is 7.47.